The van der Waals surface area contributed by atoms with Gasteiger partial charge in [0.2, 0.25) is 0 Å². The fourth-order valence-corrected chi connectivity index (χ4v) is 6.18. The van der Waals surface area contributed by atoms with Crippen molar-refractivity contribution in [3.05, 3.63) is 0 Å². The summed E-state index contributed by atoms with van der Waals surface area (Å²) in [6, 6.07) is 0. The Morgan fingerprint density at radius 3 is 2.15 bits per heavy atom. The first kappa shape index (κ1) is 25.5. The van der Waals surface area contributed by atoms with E-state index in [0.717, 1.165) is 0 Å². The van der Waals surface area contributed by atoms with Crippen molar-refractivity contribution in [1.82, 2.24) is 0 Å². The van der Waals surface area contributed by atoms with Crippen molar-refractivity contribution in [2.75, 3.05) is 19.8 Å². The van der Waals surface area contributed by atoms with Gasteiger partial charge in [-0.2, -0.15) is 22.0 Å². The van der Waals surface area contributed by atoms with Crippen LogP contribution in [0, 0.1) is 23.2 Å². The lowest BCUT2D eigenvalue weighted by molar-refractivity contribution is -0.308. The molecule has 4 aliphatic carbocycles. The highest BCUT2D eigenvalue weighted by atomic mass is 19.4. The molecule has 4 bridgehead atoms. The predicted molar refractivity (Wildman–Crippen MR) is 97.7 cm³/mol. The molecular formula is C21H25F7O6. The summed E-state index contributed by atoms with van der Waals surface area (Å²) < 4.78 is 111. The van der Waals surface area contributed by atoms with Crippen molar-refractivity contribution < 1.29 is 59.3 Å². The third kappa shape index (κ3) is 4.87. The average molecular weight is 506 g/mol. The van der Waals surface area contributed by atoms with Crippen LogP contribution >= 0.6 is 0 Å². The van der Waals surface area contributed by atoms with Crippen LogP contribution in [0.4, 0.5) is 30.7 Å². The lowest BCUT2D eigenvalue weighted by Crippen LogP contribution is -2.63. The van der Waals surface area contributed by atoms with Gasteiger partial charge in [-0.25, -0.2) is 13.6 Å². The number of hydrogen-bond acceptors (Lipinski definition) is 6. The van der Waals surface area contributed by atoms with Crippen LogP contribution in [-0.2, 0) is 28.5 Å². The van der Waals surface area contributed by atoms with E-state index in [1.165, 1.54) is 0 Å². The summed E-state index contributed by atoms with van der Waals surface area (Å²) in [5, 5.41) is 0. The van der Waals surface area contributed by atoms with Gasteiger partial charge in [-0.1, -0.05) is 0 Å². The maximum absolute atomic E-state index is 13.5. The number of halogens is 7. The Hall–Kier alpha value is -1.63. The molecule has 0 aromatic heterocycles. The molecule has 0 aromatic carbocycles. The van der Waals surface area contributed by atoms with Gasteiger partial charge >= 0.3 is 24.0 Å². The molecule has 1 aliphatic heterocycles. The number of alkyl halides is 7. The van der Waals surface area contributed by atoms with E-state index in [1.807, 2.05) is 0 Å². The van der Waals surface area contributed by atoms with E-state index in [2.05, 4.69) is 4.74 Å². The summed E-state index contributed by atoms with van der Waals surface area (Å²) >= 11 is 0. The molecule has 5 aliphatic rings. The molecule has 0 aromatic rings. The molecule has 0 N–H and O–H groups in total. The van der Waals surface area contributed by atoms with Crippen molar-refractivity contribution in [1.29, 1.82) is 0 Å². The van der Waals surface area contributed by atoms with Crippen molar-refractivity contribution in [3.63, 3.8) is 0 Å². The molecule has 3 unspecified atom stereocenters. The third-order valence-corrected chi connectivity index (χ3v) is 7.18. The average Bonchev–Trinajstić information content (AvgIpc) is 3.10. The highest BCUT2D eigenvalue weighted by Gasteiger charge is 2.68. The van der Waals surface area contributed by atoms with Crippen LogP contribution in [0.5, 0.6) is 0 Å². The highest BCUT2D eigenvalue weighted by molar-refractivity contribution is 5.78. The molecule has 6 nitrogen and oxygen atoms in total. The molecule has 1 heterocycles. The van der Waals surface area contributed by atoms with Crippen LogP contribution in [0.3, 0.4) is 0 Å². The van der Waals surface area contributed by atoms with Gasteiger partial charge in [0.25, 0.3) is 5.92 Å². The number of carbonyl (C=O) groups is 2. The minimum atomic E-state index is -5.25. The molecule has 3 atom stereocenters. The van der Waals surface area contributed by atoms with Gasteiger partial charge in [0.15, 0.2) is 12.4 Å². The minimum absolute atomic E-state index is 0.130. The third-order valence-electron chi connectivity index (χ3n) is 7.18. The van der Waals surface area contributed by atoms with Gasteiger partial charge in [-0.05, 0) is 38.0 Å². The van der Waals surface area contributed by atoms with Crippen molar-refractivity contribution >= 4 is 11.9 Å². The van der Waals surface area contributed by atoms with E-state index in [-0.39, 0.29) is 37.2 Å². The Labute approximate surface area is 190 Å². The first-order chi connectivity index (χ1) is 15.5. The Morgan fingerprint density at radius 1 is 0.971 bits per heavy atom. The summed E-state index contributed by atoms with van der Waals surface area (Å²) in [6.07, 6.45) is -6.47. The zero-order valence-corrected chi connectivity index (χ0v) is 18.3. The van der Waals surface area contributed by atoms with E-state index in [0.29, 0.717) is 26.2 Å². The lowest BCUT2D eigenvalue weighted by atomic mass is 9.47. The number of rotatable bonds is 7. The van der Waals surface area contributed by atoms with Gasteiger partial charge in [-0.15, -0.1) is 0 Å². The van der Waals surface area contributed by atoms with Gasteiger partial charge in [0.05, 0.1) is 12.0 Å². The summed E-state index contributed by atoms with van der Waals surface area (Å²) in [5.74, 6) is -12.4. The zero-order chi connectivity index (χ0) is 25.2. The number of ether oxygens (including phenoxy) is 4. The quantitative estimate of drug-likeness (QED) is 0.380. The van der Waals surface area contributed by atoms with Crippen molar-refractivity contribution in [2.45, 2.75) is 75.4 Å². The second kappa shape index (κ2) is 8.21. The molecule has 0 radical (unpaired) electrons. The number of carbonyl (C=O) groups excluding carboxylic acids is 2. The zero-order valence-electron chi connectivity index (χ0n) is 18.3. The smallest absolute Gasteiger partial charge is 0.395 e. The van der Waals surface area contributed by atoms with E-state index >= 15 is 0 Å². The maximum Gasteiger partial charge on any atom is 0.395 e. The Kier molecular flexibility index (Phi) is 6.15. The topological polar surface area (TPSA) is 71.1 Å². The molecule has 194 valence electrons. The number of esters is 2. The summed E-state index contributed by atoms with van der Waals surface area (Å²) in [4.78, 5) is 24.2. The minimum Gasteiger partial charge on any atom is -0.459 e. The van der Waals surface area contributed by atoms with Crippen molar-refractivity contribution in [3.8, 4) is 0 Å². The Morgan fingerprint density at radius 2 is 1.59 bits per heavy atom. The van der Waals surface area contributed by atoms with Crippen LogP contribution in [0.2, 0.25) is 0 Å². The molecule has 1 spiro atoms. The predicted octanol–water partition coefficient (Wildman–Crippen LogP) is 4.25. The second-order valence-corrected chi connectivity index (χ2v) is 10.1. The molecule has 0 amide bonds. The van der Waals surface area contributed by atoms with Crippen LogP contribution in [0.25, 0.3) is 0 Å². The van der Waals surface area contributed by atoms with E-state index < -0.39 is 66.9 Å². The fraction of sp³-hybridized carbons (Fsp3) is 0.905. The first-order valence-electron chi connectivity index (χ1n) is 11.0. The highest BCUT2D eigenvalue weighted by Crippen LogP contribution is 2.66. The maximum atomic E-state index is 13.5. The first-order valence-corrected chi connectivity index (χ1v) is 11.0. The van der Waals surface area contributed by atoms with Gasteiger partial charge in [0.1, 0.15) is 19.1 Å². The molecule has 13 heteroatoms. The van der Waals surface area contributed by atoms with Gasteiger partial charge in [0, 0.05) is 18.8 Å². The van der Waals surface area contributed by atoms with Gasteiger partial charge in [-0.3, -0.25) is 4.79 Å². The van der Waals surface area contributed by atoms with Crippen LogP contribution in [0.15, 0.2) is 0 Å². The Balaban J connectivity index is 1.37. The molecule has 5 rings (SSSR count). The molecule has 4 saturated carbocycles. The normalized spacial score (nSPS) is 37.3. The molecule has 5 fully saturated rings. The van der Waals surface area contributed by atoms with Gasteiger partial charge < -0.3 is 18.9 Å². The summed E-state index contributed by atoms with van der Waals surface area (Å²) in [5.41, 5.74) is -0.927. The standard InChI is InChI=1S/C21H25F7O6/c1-17(22,23)10-32-15(29)18-4-11-2-12(5-18)21(13(3-11)6-18)33-8-14(34-21)7-31-16(30)19(24,25)9-20(26,27)28/h11-14H,2-10H2,1H3. The summed E-state index contributed by atoms with van der Waals surface area (Å²) in [7, 11) is 0. The SMILES string of the molecule is CC(F)(F)COC(=O)C12CC3CC(C1)C1(OCC(COC(=O)C(F)(F)CC(F)(F)F)O1)C(C3)C2. The Bertz CT molecular complexity index is 807. The van der Waals surface area contributed by atoms with Crippen molar-refractivity contribution in [2.24, 2.45) is 23.2 Å². The second-order valence-electron chi connectivity index (χ2n) is 10.1. The lowest BCUT2D eigenvalue weighted by Gasteiger charge is -2.61. The van der Waals surface area contributed by atoms with Crippen LogP contribution < -0.4 is 0 Å². The van der Waals surface area contributed by atoms with Crippen LogP contribution in [0.1, 0.15) is 45.4 Å². The monoisotopic (exact) mass is 506 g/mol. The molecule has 1 saturated heterocycles. The van der Waals surface area contributed by atoms with Crippen LogP contribution in [-0.4, -0.2) is 61.7 Å². The van der Waals surface area contributed by atoms with E-state index in [9.17, 15) is 40.3 Å². The van der Waals surface area contributed by atoms with E-state index in [1.54, 1.807) is 0 Å². The number of hydrogen-bond donors (Lipinski definition) is 0. The fourth-order valence-electron chi connectivity index (χ4n) is 6.18. The summed E-state index contributed by atoms with van der Waals surface area (Å²) in [6.45, 7) is -1.20. The largest absolute Gasteiger partial charge is 0.459 e. The molecular weight excluding hydrogens is 481 g/mol. The van der Waals surface area contributed by atoms with E-state index in [4.69, 9.17) is 14.2 Å². The molecule has 34 heavy (non-hydrogen) atoms.